The molecule has 1 atom stereocenters. The molecule has 1 unspecified atom stereocenters. The standard InChI is InChI=1S/C37H73N3O.CH4O4S/c1-4-6-8-10-12-14-16-18-20-22-24-26-28-30-36-38-32-34-40(36,3)35-33-39-37(41)31-29-27-25-23-21-19-17-15-13-11-9-7-5-2;1-5-6(2,3)4/h4-35H2,1-3H3;1H3,(H,2,3,4)/p+1. The van der Waals surface area contributed by atoms with E-state index < -0.39 is 10.4 Å². The van der Waals surface area contributed by atoms with Gasteiger partial charge in [-0.3, -0.25) is 8.98 Å². The fraction of sp³-hybridized carbons (Fsp3) is 0.947. The summed E-state index contributed by atoms with van der Waals surface area (Å²) in [7, 11) is -1.25. The SMILES string of the molecule is CCCCCCCCCCCCCCCC(=O)NCC[N+]1(C)CC[NH+]=C1CCCCCCCCCCCCCCC.COS(=O)(=O)[O-]. The molecule has 0 aliphatic carbocycles. The zero-order valence-electron chi connectivity index (χ0n) is 31.5. The second-order valence-electron chi connectivity index (χ2n) is 14.1. The highest BCUT2D eigenvalue weighted by Gasteiger charge is 2.38. The average Bonchev–Trinajstić information content (AvgIpc) is 3.41. The van der Waals surface area contributed by atoms with Gasteiger partial charge in [0.05, 0.1) is 27.1 Å². The van der Waals surface area contributed by atoms with Crippen LogP contribution in [0.15, 0.2) is 0 Å². The Bertz CT molecular complexity index is 852. The molecule has 1 aliphatic heterocycles. The molecule has 2 N–H and O–H groups in total. The first-order valence-electron chi connectivity index (χ1n) is 19.9. The zero-order chi connectivity index (χ0) is 34.9. The molecule has 280 valence electrons. The van der Waals surface area contributed by atoms with Gasteiger partial charge in [0.15, 0.2) is 6.54 Å². The highest BCUT2D eigenvalue weighted by Crippen LogP contribution is 2.15. The molecule has 1 rings (SSSR count). The van der Waals surface area contributed by atoms with Crippen LogP contribution in [0.1, 0.15) is 194 Å². The number of unbranched alkanes of at least 4 members (excludes halogenated alkanes) is 24. The molecule has 0 saturated carbocycles. The molecule has 1 aliphatic rings. The Kier molecular flexibility index (Phi) is 31.5. The fourth-order valence-corrected chi connectivity index (χ4v) is 6.52. The van der Waals surface area contributed by atoms with E-state index in [2.05, 4.69) is 35.4 Å². The average molecular weight is 689 g/mol. The van der Waals surface area contributed by atoms with Gasteiger partial charge in [-0.05, 0) is 12.8 Å². The largest absolute Gasteiger partial charge is 0.726 e. The van der Waals surface area contributed by atoms with Gasteiger partial charge < -0.3 is 9.87 Å². The van der Waals surface area contributed by atoms with Crippen molar-refractivity contribution in [1.82, 2.24) is 5.32 Å². The number of amides is 1. The normalized spacial score (nSPS) is 16.1. The Balaban J connectivity index is 0.00000320. The molecular weight excluding hydrogens is 611 g/mol. The van der Waals surface area contributed by atoms with E-state index in [0.29, 0.717) is 6.42 Å². The second-order valence-corrected chi connectivity index (χ2v) is 15.3. The van der Waals surface area contributed by atoms with Gasteiger partial charge in [0.1, 0.15) is 13.1 Å². The number of nitrogens with zero attached hydrogens (tertiary/aromatic N) is 1. The van der Waals surface area contributed by atoms with E-state index in [-0.39, 0.29) is 5.91 Å². The smallest absolute Gasteiger partial charge is 0.336 e. The van der Waals surface area contributed by atoms with Crippen molar-refractivity contribution in [1.29, 1.82) is 0 Å². The van der Waals surface area contributed by atoms with E-state index in [1.54, 1.807) is 0 Å². The minimum atomic E-state index is -4.41. The van der Waals surface area contributed by atoms with E-state index in [0.717, 1.165) is 44.2 Å². The molecule has 0 radical (unpaired) electrons. The number of hydrogen-bond donors (Lipinski definition) is 2. The lowest BCUT2D eigenvalue weighted by Gasteiger charge is -2.26. The number of quaternary nitrogens is 1. The van der Waals surface area contributed by atoms with Gasteiger partial charge in [-0.1, -0.05) is 168 Å². The highest BCUT2D eigenvalue weighted by molar-refractivity contribution is 7.80. The van der Waals surface area contributed by atoms with Crippen LogP contribution in [0, 0.1) is 0 Å². The maximum atomic E-state index is 12.4. The third-order valence-corrected chi connectivity index (χ3v) is 10.2. The number of hydrogen-bond acceptors (Lipinski definition) is 5. The monoisotopic (exact) mass is 689 g/mol. The summed E-state index contributed by atoms with van der Waals surface area (Å²) in [5.74, 6) is 1.75. The molecule has 8 nitrogen and oxygen atoms in total. The molecule has 0 bridgehead atoms. The molecule has 0 fully saturated rings. The Morgan fingerprint density at radius 1 is 0.702 bits per heavy atom. The van der Waals surface area contributed by atoms with Gasteiger partial charge in [0, 0.05) is 6.42 Å². The minimum Gasteiger partial charge on any atom is -0.726 e. The summed E-state index contributed by atoms with van der Waals surface area (Å²) < 4.78 is 32.0. The van der Waals surface area contributed by atoms with Crippen LogP contribution in [0.4, 0.5) is 0 Å². The quantitative estimate of drug-likeness (QED) is 0.0321. The first kappa shape index (κ1) is 46.0. The lowest BCUT2D eigenvalue weighted by Crippen LogP contribution is -2.72. The molecule has 0 saturated heterocycles. The summed E-state index contributed by atoms with van der Waals surface area (Å²) in [6.45, 7) is 8.64. The van der Waals surface area contributed by atoms with Gasteiger partial charge in [-0.2, -0.15) is 4.99 Å². The maximum Gasteiger partial charge on any atom is 0.336 e. The summed E-state index contributed by atoms with van der Waals surface area (Å²) in [6.07, 6.45) is 37.8. The van der Waals surface area contributed by atoms with Crippen molar-refractivity contribution in [2.75, 3.05) is 40.3 Å². The first-order chi connectivity index (χ1) is 22.7. The predicted molar refractivity (Wildman–Crippen MR) is 197 cm³/mol. The van der Waals surface area contributed by atoms with Gasteiger partial charge >= 0.3 is 5.84 Å². The van der Waals surface area contributed by atoms with Crippen molar-refractivity contribution >= 4 is 22.1 Å². The van der Waals surface area contributed by atoms with Crippen LogP contribution in [0.5, 0.6) is 0 Å². The number of amidine groups is 1. The van der Waals surface area contributed by atoms with Crippen LogP contribution in [-0.2, 0) is 19.4 Å². The van der Waals surface area contributed by atoms with E-state index in [9.17, 15) is 17.8 Å². The summed E-state index contributed by atoms with van der Waals surface area (Å²) in [5, 5.41) is 3.22. The van der Waals surface area contributed by atoms with Gasteiger partial charge in [0.25, 0.3) is 0 Å². The zero-order valence-corrected chi connectivity index (χ0v) is 32.3. The number of nitrogens with one attached hydrogen (secondary N) is 2. The number of carbonyl (C=O) groups excluding carboxylic acids is 1. The lowest BCUT2D eigenvalue weighted by molar-refractivity contribution is -0.816. The number of carbonyl (C=O) groups is 1. The molecule has 0 aromatic carbocycles. The van der Waals surface area contributed by atoms with E-state index in [4.69, 9.17) is 0 Å². The third-order valence-electron chi connectivity index (χ3n) is 9.74. The Morgan fingerprint density at radius 2 is 1.06 bits per heavy atom. The molecular formula is C38H78N3O5S+. The van der Waals surface area contributed by atoms with Crippen LogP contribution in [-0.4, -0.2) is 69.5 Å². The Morgan fingerprint density at radius 3 is 1.45 bits per heavy atom. The summed E-state index contributed by atoms with van der Waals surface area (Å²) in [4.78, 5) is 16.1. The Labute approximate surface area is 292 Å². The summed E-state index contributed by atoms with van der Waals surface area (Å²) in [5.41, 5.74) is 0. The van der Waals surface area contributed by atoms with E-state index in [1.807, 2.05) is 0 Å². The summed E-state index contributed by atoms with van der Waals surface area (Å²) in [6, 6.07) is 0. The molecule has 9 heteroatoms. The molecule has 0 aromatic heterocycles. The van der Waals surface area contributed by atoms with Crippen molar-refractivity contribution in [3.8, 4) is 0 Å². The molecule has 0 aromatic rings. The van der Waals surface area contributed by atoms with E-state index in [1.165, 1.54) is 173 Å². The van der Waals surface area contributed by atoms with Gasteiger partial charge in [-0.25, -0.2) is 12.9 Å². The predicted octanol–water partition coefficient (Wildman–Crippen LogP) is 8.10. The topological polar surface area (TPSA) is 110 Å². The van der Waals surface area contributed by atoms with Crippen molar-refractivity contribution < 1.29 is 31.4 Å². The third kappa shape index (κ3) is 30.7. The van der Waals surface area contributed by atoms with Gasteiger partial charge in [0.2, 0.25) is 16.3 Å². The second kappa shape index (κ2) is 32.2. The summed E-state index contributed by atoms with van der Waals surface area (Å²) >= 11 is 0. The molecule has 47 heavy (non-hydrogen) atoms. The van der Waals surface area contributed by atoms with Crippen LogP contribution in [0.2, 0.25) is 0 Å². The van der Waals surface area contributed by atoms with Crippen LogP contribution < -0.4 is 10.3 Å². The maximum absolute atomic E-state index is 12.4. The van der Waals surface area contributed by atoms with Crippen LogP contribution in [0.3, 0.4) is 0 Å². The number of likely N-dealkylation sites (N-methyl/N-ethyl adjacent to an activating group) is 1. The Hall–Kier alpha value is -1.03. The van der Waals surface area contributed by atoms with Crippen molar-refractivity contribution in [3.63, 3.8) is 0 Å². The van der Waals surface area contributed by atoms with Gasteiger partial charge in [-0.15, -0.1) is 0 Å². The van der Waals surface area contributed by atoms with Crippen molar-refractivity contribution in [2.45, 2.75) is 194 Å². The lowest BCUT2D eigenvalue weighted by atomic mass is 10.0. The minimum absolute atomic E-state index is 0.255. The van der Waals surface area contributed by atoms with Crippen molar-refractivity contribution in [3.05, 3.63) is 0 Å². The molecule has 1 heterocycles. The highest BCUT2D eigenvalue weighted by atomic mass is 32.3. The van der Waals surface area contributed by atoms with Crippen LogP contribution in [0.25, 0.3) is 0 Å². The van der Waals surface area contributed by atoms with Crippen molar-refractivity contribution in [2.24, 2.45) is 0 Å². The first-order valence-corrected chi connectivity index (χ1v) is 21.2. The fourth-order valence-electron chi connectivity index (χ4n) is 6.52. The van der Waals surface area contributed by atoms with Crippen LogP contribution >= 0.6 is 0 Å². The molecule has 0 spiro atoms. The van der Waals surface area contributed by atoms with E-state index >= 15 is 0 Å². The molecule has 1 amide bonds. The number of rotatable bonds is 32.